The normalized spacial score (nSPS) is 14.2. The number of aliphatic carboxylic acids is 1. The number of primary amides is 1. The highest BCUT2D eigenvalue weighted by Crippen LogP contribution is 2.06. The Morgan fingerprint density at radius 3 is 2.03 bits per heavy atom. The van der Waals surface area contributed by atoms with Crippen LogP contribution in [-0.2, 0) is 30.4 Å². The summed E-state index contributed by atoms with van der Waals surface area (Å²) in [5, 5.41) is 25.1. The highest BCUT2D eigenvalue weighted by Gasteiger charge is 2.31. The second-order valence-corrected chi connectivity index (χ2v) is 8.44. The average molecular weight is 498 g/mol. The summed E-state index contributed by atoms with van der Waals surface area (Å²) in [4.78, 5) is 60.6. The smallest absolute Gasteiger partial charge is 0.328 e. The van der Waals surface area contributed by atoms with Crippen molar-refractivity contribution in [1.29, 1.82) is 0 Å². The number of carbonyl (C=O) groups excluding carboxylic acids is 4. The minimum atomic E-state index is -1.64. The summed E-state index contributed by atoms with van der Waals surface area (Å²) in [5.74, 6) is -4.19. The highest BCUT2D eigenvalue weighted by atomic mass is 32.2. The van der Waals surface area contributed by atoms with Gasteiger partial charge in [-0.2, -0.15) is 11.8 Å². The molecule has 12 nitrogen and oxygen atoms in total. The number of thioether (sulfide) groups is 1. The van der Waals surface area contributed by atoms with Crippen LogP contribution in [0.4, 0.5) is 0 Å². The monoisotopic (exact) mass is 497 g/mol. The molecule has 34 heavy (non-hydrogen) atoms. The van der Waals surface area contributed by atoms with E-state index in [9.17, 15) is 24.0 Å². The lowest BCUT2D eigenvalue weighted by molar-refractivity contribution is -0.143. The van der Waals surface area contributed by atoms with Crippen LogP contribution in [0.5, 0.6) is 0 Å². The lowest BCUT2D eigenvalue weighted by Crippen LogP contribution is -2.58. The summed E-state index contributed by atoms with van der Waals surface area (Å²) < 4.78 is 0. The third-order valence-electron chi connectivity index (χ3n) is 4.72. The average Bonchev–Trinajstić information content (AvgIpc) is 2.79. The fraction of sp³-hybridized carbons (Fsp3) is 0.476. The van der Waals surface area contributed by atoms with Gasteiger partial charge in [0.1, 0.15) is 18.1 Å². The Balaban J connectivity index is 3.06. The number of amides is 4. The predicted molar refractivity (Wildman–Crippen MR) is 125 cm³/mol. The fourth-order valence-corrected chi connectivity index (χ4v) is 3.34. The van der Waals surface area contributed by atoms with E-state index in [1.54, 1.807) is 30.3 Å². The molecule has 13 heteroatoms. The quantitative estimate of drug-likeness (QED) is 0.139. The van der Waals surface area contributed by atoms with Gasteiger partial charge in [0.15, 0.2) is 0 Å². The van der Waals surface area contributed by atoms with Crippen LogP contribution in [0.3, 0.4) is 0 Å². The number of carbonyl (C=O) groups is 5. The largest absolute Gasteiger partial charge is 0.480 e. The Morgan fingerprint density at radius 1 is 0.941 bits per heavy atom. The molecule has 4 unspecified atom stereocenters. The lowest BCUT2D eigenvalue weighted by atomic mass is 10.0. The van der Waals surface area contributed by atoms with Gasteiger partial charge in [-0.05, 0) is 24.0 Å². The molecule has 0 aromatic heterocycles. The Labute approximate surface area is 201 Å². The SMILES string of the molecule is CSCCC(N)C(=O)NC(Cc1ccccc1)C(=O)NC(CC(N)=O)C(=O)NC(CO)C(=O)O. The van der Waals surface area contributed by atoms with Crippen LogP contribution >= 0.6 is 11.8 Å². The van der Waals surface area contributed by atoms with E-state index in [2.05, 4.69) is 10.6 Å². The van der Waals surface area contributed by atoms with Crippen molar-refractivity contribution >= 4 is 41.4 Å². The summed E-state index contributed by atoms with van der Waals surface area (Å²) in [5.41, 5.74) is 11.8. The molecule has 0 saturated heterocycles. The number of aliphatic hydroxyl groups excluding tert-OH is 1. The standard InChI is InChI=1S/C21H31N5O7S/c1-34-8-7-13(22)18(29)24-14(9-12-5-3-2-4-6-12)19(30)25-15(10-17(23)28)20(31)26-16(11-27)21(32)33/h2-6,13-16,27H,7-11,22H2,1H3,(H2,23,28)(H,24,29)(H,25,30)(H,26,31)(H,32,33). The topological polar surface area (TPSA) is 214 Å². The Kier molecular flexibility index (Phi) is 12.6. The first kappa shape index (κ1) is 28.9. The van der Waals surface area contributed by atoms with Gasteiger partial charge in [0.2, 0.25) is 23.6 Å². The van der Waals surface area contributed by atoms with E-state index in [0.29, 0.717) is 17.7 Å². The molecule has 0 aliphatic rings. The minimum absolute atomic E-state index is 0.0625. The molecule has 0 aliphatic carbocycles. The Morgan fingerprint density at radius 2 is 1.50 bits per heavy atom. The predicted octanol–water partition coefficient (Wildman–Crippen LogP) is -2.28. The van der Waals surface area contributed by atoms with Gasteiger partial charge >= 0.3 is 5.97 Å². The number of carboxylic acid groups (broad SMARTS) is 1. The van der Waals surface area contributed by atoms with E-state index < -0.39 is 66.8 Å². The number of aliphatic hydroxyl groups is 1. The number of nitrogens with one attached hydrogen (secondary N) is 3. The molecule has 0 spiro atoms. The first-order valence-corrected chi connectivity index (χ1v) is 11.8. The van der Waals surface area contributed by atoms with Crippen molar-refractivity contribution in [2.75, 3.05) is 18.6 Å². The minimum Gasteiger partial charge on any atom is -0.480 e. The molecule has 1 aromatic carbocycles. The van der Waals surface area contributed by atoms with Gasteiger partial charge < -0.3 is 37.6 Å². The van der Waals surface area contributed by atoms with Crippen molar-refractivity contribution in [3.8, 4) is 0 Å². The van der Waals surface area contributed by atoms with Gasteiger partial charge in [-0.1, -0.05) is 30.3 Å². The summed E-state index contributed by atoms with van der Waals surface area (Å²) >= 11 is 1.51. The molecule has 188 valence electrons. The van der Waals surface area contributed by atoms with E-state index in [0.717, 1.165) is 0 Å². The molecule has 1 rings (SSSR count). The van der Waals surface area contributed by atoms with E-state index in [1.807, 2.05) is 11.6 Å². The molecule has 0 saturated carbocycles. The van der Waals surface area contributed by atoms with Gasteiger partial charge in [-0.3, -0.25) is 19.2 Å². The fourth-order valence-electron chi connectivity index (χ4n) is 2.85. The zero-order valence-electron chi connectivity index (χ0n) is 18.7. The molecular weight excluding hydrogens is 466 g/mol. The van der Waals surface area contributed by atoms with Gasteiger partial charge in [0, 0.05) is 6.42 Å². The molecule has 0 bridgehead atoms. The first-order chi connectivity index (χ1) is 16.1. The zero-order chi connectivity index (χ0) is 25.7. The van der Waals surface area contributed by atoms with Crippen molar-refractivity contribution in [1.82, 2.24) is 16.0 Å². The maximum absolute atomic E-state index is 13.0. The highest BCUT2D eigenvalue weighted by molar-refractivity contribution is 7.98. The van der Waals surface area contributed by atoms with Gasteiger partial charge in [-0.15, -0.1) is 0 Å². The number of hydrogen-bond acceptors (Lipinski definition) is 8. The number of carboxylic acids is 1. The number of rotatable bonds is 15. The van der Waals surface area contributed by atoms with Crippen LogP contribution in [0.2, 0.25) is 0 Å². The molecule has 4 atom stereocenters. The Hall–Kier alpha value is -3.16. The summed E-state index contributed by atoms with van der Waals surface area (Å²) in [6, 6.07) is 3.59. The maximum atomic E-state index is 13.0. The van der Waals surface area contributed by atoms with Gasteiger partial charge in [-0.25, -0.2) is 4.79 Å². The van der Waals surface area contributed by atoms with E-state index >= 15 is 0 Å². The van der Waals surface area contributed by atoms with Crippen LogP contribution in [0.15, 0.2) is 30.3 Å². The molecular formula is C21H31N5O7S. The summed E-state index contributed by atoms with van der Waals surface area (Å²) in [6.45, 7) is -0.904. The van der Waals surface area contributed by atoms with Crippen LogP contribution in [0.1, 0.15) is 18.4 Å². The third-order valence-corrected chi connectivity index (χ3v) is 5.36. The molecule has 0 fully saturated rings. The zero-order valence-corrected chi connectivity index (χ0v) is 19.5. The maximum Gasteiger partial charge on any atom is 0.328 e. The number of benzene rings is 1. The van der Waals surface area contributed by atoms with Crippen LogP contribution in [0, 0.1) is 0 Å². The first-order valence-electron chi connectivity index (χ1n) is 10.4. The Bertz CT molecular complexity index is 855. The second-order valence-electron chi connectivity index (χ2n) is 7.45. The number of hydrogen-bond donors (Lipinski definition) is 7. The van der Waals surface area contributed by atoms with Gasteiger partial charge in [0.05, 0.1) is 19.1 Å². The van der Waals surface area contributed by atoms with Crippen LogP contribution in [-0.4, -0.2) is 82.6 Å². The van der Waals surface area contributed by atoms with Crippen molar-refractivity contribution in [3.05, 3.63) is 35.9 Å². The van der Waals surface area contributed by atoms with Crippen molar-refractivity contribution < 1.29 is 34.2 Å². The van der Waals surface area contributed by atoms with Crippen molar-refractivity contribution in [2.45, 2.75) is 43.4 Å². The summed E-state index contributed by atoms with van der Waals surface area (Å²) in [6.07, 6.45) is 1.69. The second kappa shape index (κ2) is 14.9. The third kappa shape index (κ3) is 10.2. The van der Waals surface area contributed by atoms with E-state index in [4.69, 9.17) is 21.7 Å². The molecule has 9 N–H and O–H groups in total. The van der Waals surface area contributed by atoms with Crippen molar-refractivity contribution in [2.24, 2.45) is 11.5 Å². The van der Waals surface area contributed by atoms with E-state index in [-0.39, 0.29) is 6.42 Å². The van der Waals surface area contributed by atoms with E-state index in [1.165, 1.54) is 11.8 Å². The lowest BCUT2D eigenvalue weighted by Gasteiger charge is -2.24. The molecule has 0 radical (unpaired) electrons. The molecule has 0 heterocycles. The van der Waals surface area contributed by atoms with Crippen LogP contribution < -0.4 is 27.4 Å². The molecule has 0 aliphatic heterocycles. The number of nitrogens with two attached hydrogens (primary N) is 2. The molecule has 4 amide bonds. The summed E-state index contributed by atoms with van der Waals surface area (Å²) in [7, 11) is 0. The van der Waals surface area contributed by atoms with Crippen molar-refractivity contribution in [3.63, 3.8) is 0 Å². The van der Waals surface area contributed by atoms with Gasteiger partial charge in [0.25, 0.3) is 0 Å². The molecule has 1 aromatic rings. The van der Waals surface area contributed by atoms with Crippen LogP contribution in [0.25, 0.3) is 0 Å².